The highest BCUT2D eigenvalue weighted by atomic mass is 35.5. The third kappa shape index (κ3) is 9.51. The molecule has 0 amide bonds. The van der Waals surface area contributed by atoms with Crippen LogP contribution >= 0.6 is 24.8 Å². The van der Waals surface area contributed by atoms with Crippen molar-refractivity contribution in [1.29, 1.82) is 0 Å². The van der Waals surface area contributed by atoms with Gasteiger partial charge in [0.05, 0.1) is 5.60 Å². The number of rotatable bonds is 11. The van der Waals surface area contributed by atoms with Gasteiger partial charge in [0.2, 0.25) is 0 Å². The SMILES string of the molecule is Cl.Cl.NC(CCCCB(O)O)(CCN1CCC(O)(Cc2ccccc2)CC1)C(=O)O. The fourth-order valence-electron chi connectivity index (χ4n) is 3.81. The minimum Gasteiger partial charge on any atom is -0.480 e. The Kier molecular flexibility index (Phi) is 13.1. The minimum atomic E-state index is -1.36. The standard InChI is InChI=1S/C20H33BN2O5.2ClH/c22-20(18(24)25,8-4-5-12-21(27)28)11-15-23-13-9-19(26,10-14-23)16-17-6-2-1-3-7-17;;/h1-3,6-7,26-28H,4-5,8-16,22H2,(H,24,25);2*1H. The monoisotopic (exact) mass is 464 g/mol. The van der Waals surface area contributed by atoms with Crippen LogP contribution in [0.3, 0.4) is 0 Å². The molecule has 1 aromatic rings. The zero-order valence-corrected chi connectivity index (χ0v) is 18.9. The van der Waals surface area contributed by atoms with E-state index in [2.05, 4.69) is 4.90 Å². The molecule has 1 aliphatic heterocycles. The van der Waals surface area contributed by atoms with Gasteiger partial charge in [0.1, 0.15) is 5.54 Å². The second-order valence-corrected chi connectivity index (χ2v) is 8.17. The zero-order valence-electron chi connectivity index (χ0n) is 17.3. The summed E-state index contributed by atoms with van der Waals surface area (Å²) in [4.78, 5) is 13.8. The van der Waals surface area contributed by atoms with E-state index in [1.165, 1.54) is 0 Å². The molecule has 1 atom stereocenters. The summed E-state index contributed by atoms with van der Waals surface area (Å²) in [6.45, 7) is 2.01. The van der Waals surface area contributed by atoms with Crippen LogP contribution in [0, 0.1) is 0 Å². The Morgan fingerprint density at radius 2 is 1.70 bits per heavy atom. The van der Waals surface area contributed by atoms with Crippen LogP contribution in [0.2, 0.25) is 6.32 Å². The Morgan fingerprint density at radius 3 is 2.23 bits per heavy atom. The third-order valence-electron chi connectivity index (χ3n) is 5.80. The van der Waals surface area contributed by atoms with E-state index in [9.17, 15) is 15.0 Å². The lowest BCUT2D eigenvalue weighted by Gasteiger charge is -2.39. The lowest BCUT2D eigenvalue weighted by molar-refractivity contribution is -0.144. The summed E-state index contributed by atoms with van der Waals surface area (Å²) >= 11 is 0. The summed E-state index contributed by atoms with van der Waals surface area (Å²) in [6.07, 6.45) is 3.87. The molecular weight excluding hydrogens is 430 g/mol. The molecule has 6 N–H and O–H groups in total. The number of carbonyl (C=O) groups is 1. The zero-order chi connectivity index (χ0) is 20.6. The van der Waals surface area contributed by atoms with Crippen molar-refractivity contribution in [3.63, 3.8) is 0 Å². The maximum absolute atomic E-state index is 11.6. The average molecular weight is 465 g/mol. The quantitative estimate of drug-likeness (QED) is 0.249. The van der Waals surface area contributed by atoms with Gasteiger partial charge in [-0.05, 0) is 37.6 Å². The number of carboxylic acid groups (broad SMARTS) is 1. The molecule has 1 aliphatic rings. The minimum absolute atomic E-state index is 0. The summed E-state index contributed by atoms with van der Waals surface area (Å²) in [5.74, 6) is -1.02. The van der Waals surface area contributed by atoms with Crippen LogP contribution in [0.1, 0.15) is 44.1 Å². The number of piperidine rings is 1. The van der Waals surface area contributed by atoms with E-state index in [1.54, 1.807) is 0 Å². The van der Waals surface area contributed by atoms with Crippen molar-refractivity contribution >= 4 is 37.9 Å². The fourth-order valence-corrected chi connectivity index (χ4v) is 3.81. The van der Waals surface area contributed by atoms with Gasteiger partial charge in [-0.1, -0.05) is 43.2 Å². The van der Waals surface area contributed by atoms with E-state index in [4.69, 9.17) is 15.8 Å². The van der Waals surface area contributed by atoms with Crippen molar-refractivity contribution in [2.45, 2.75) is 62.4 Å². The van der Waals surface area contributed by atoms with Crippen LogP contribution in [-0.2, 0) is 11.2 Å². The number of aliphatic carboxylic acids is 1. The molecule has 7 nitrogen and oxygen atoms in total. The van der Waals surface area contributed by atoms with Gasteiger partial charge in [-0.2, -0.15) is 0 Å². The lowest BCUT2D eigenvalue weighted by Crippen LogP contribution is -2.52. The molecule has 1 unspecified atom stereocenters. The maximum atomic E-state index is 11.6. The first-order valence-electron chi connectivity index (χ1n) is 10.1. The van der Waals surface area contributed by atoms with E-state index >= 15 is 0 Å². The predicted octanol–water partition coefficient (Wildman–Crippen LogP) is 1.71. The third-order valence-corrected chi connectivity index (χ3v) is 5.80. The highest BCUT2D eigenvalue weighted by Crippen LogP contribution is 2.27. The lowest BCUT2D eigenvalue weighted by atomic mass is 9.81. The fraction of sp³-hybridized carbons (Fsp3) is 0.650. The second-order valence-electron chi connectivity index (χ2n) is 8.17. The predicted molar refractivity (Wildman–Crippen MR) is 123 cm³/mol. The number of likely N-dealkylation sites (tertiary alicyclic amines) is 1. The number of unbranched alkanes of at least 4 members (excludes halogenated alkanes) is 1. The number of hydrogen-bond acceptors (Lipinski definition) is 6. The number of hydrogen-bond donors (Lipinski definition) is 5. The largest absolute Gasteiger partial charge is 0.480 e. The van der Waals surface area contributed by atoms with Crippen LogP contribution in [-0.4, -0.2) is 69.0 Å². The number of aliphatic hydroxyl groups is 1. The molecule has 30 heavy (non-hydrogen) atoms. The Morgan fingerprint density at radius 1 is 1.10 bits per heavy atom. The van der Waals surface area contributed by atoms with Crippen LogP contribution in [0.4, 0.5) is 0 Å². The van der Waals surface area contributed by atoms with Gasteiger partial charge in [0.15, 0.2) is 0 Å². The summed E-state index contributed by atoms with van der Waals surface area (Å²) < 4.78 is 0. The van der Waals surface area contributed by atoms with E-state index in [1.807, 2.05) is 30.3 Å². The molecule has 2 rings (SSSR count). The number of halogens is 2. The molecule has 1 heterocycles. The van der Waals surface area contributed by atoms with Crippen LogP contribution in [0.5, 0.6) is 0 Å². The first-order chi connectivity index (χ1) is 13.2. The van der Waals surface area contributed by atoms with Gasteiger partial charge in [0, 0.05) is 26.1 Å². The summed E-state index contributed by atoms with van der Waals surface area (Å²) in [5, 5.41) is 38.2. The normalized spacial score (nSPS) is 17.9. The van der Waals surface area contributed by atoms with E-state index < -0.39 is 24.2 Å². The molecule has 0 saturated carbocycles. The summed E-state index contributed by atoms with van der Waals surface area (Å²) in [6, 6.07) is 9.96. The van der Waals surface area contributed by atoms with Gasteiger partial charge in [-0.3, -0.25) is 4.79 Å². The molecule has 10 heteroatoms. The molecular formula is C20H35BCl2N2O5. The van der Waals surface area contributed by atoms with Gasteiger partial charge < -0.3 is 30.9 Å². The summed E-state index contributed by atoms with van der Waals surface area (Å²) in [5.41, 5.74) is 5.23. The van der Waals surface area contributed by atoms with Crippen LogP contribution in [0.25, 0.3) is 0 Å². The van der Waals surface area contributed by atoms with Gasteiger partial charge in [-0.15, -0.1) is 24.8 Å². The van der Waals surface area contributed by atoms with Crippen LogP contribution in [0.15, 0.2) is 30.3 Å². The summed E-state index contributed by atoms with van der Waals surface area (Å²) in [7, 11) is -1.36. The van der Waals surface area contributed by atoms with Gasteiger partial charge >= 0.3 is 13.1 Å². The Hall–Kier alpha value is -0.865. The highest BCUT2D eigenvalue weighted by molar-refractivity contribution is 6.40. The van der Waals surface area contributed by atoms with Crippen molar-refractivity contribution in [2.24, 2.45) is 5.73 Å². The topological polar surface area (TPSA) is 127 Å². The van der Waals surface area contributed by atoms with Crippen LogP contribution < -0.4 is 5.73 Å². The molecule has 1 fully saturated rings. The van der Waals surface area contributed by atoms with E-state index in [0.717, 1.165) is 18.7 Å². The smallest absolute Gasteiger partial charge is 0.451 e. The van der Waals surface area contributed by atoms with Crippen molar-refractivity contribution in [1.82, 2.24) is 4.90 Å². The first kappa shape index (κ1) is 29.1. The van der Waals surface area contributed by atoms with Crippen molar-refractivity contribution in [2.75, 3.05) is 19.6 Å². The second kappa shape index (κ2) is 13.5. The molecule has 0 aliphatic carbocycles. The van der Waals surface area contributed by atoms with Gasteiger partial charge in [-0.25, -0.2) is 0 Å². The highest BCUT2D eigenvalue weighted by Gasteiger charge is 2.36. The molecule has 0 aromatic heterocycles. The molecule has 1 saturated heterocycles. The van der Waals surface area contributed by atoms with Crippen molar-refractivity contribution in [3.8, 4) is 0 Å². The van der Waals surface area contributed by atoms with Crippen molar-refractivity contribution in [3.05, 3.63) is 35.9 Å². The first-order valence-corrected chi connectivity index (χ1v) is 10.1. The van der Waals surface area contributed by atoms with E-state index in [-0.39, 0.29) is 31.1 Å². The van der Waals surface area contributed by atoms with Crippen molar-refractivity contribution < 1.29 is 25.1 Å². The Bertz CT molecular complexity index is 618. The number of benzene rings is 1. The van der Waals surface area contributed by atoms with Gasteiger partial charge in [0.25, 0.3) is 0 Å². The average Bonchev–Trinajstić information content (AvgIpc) is 2.65. The Labute approximate surface area is 191 Å². The Balaban J connectivity index is 0.00000420. The number of carboxylic acids is 1. The molecule has 1 aromatic carbocycles. The maximum Gasteiger partial charge on any atom is 0.451 e. The van der Waals surface area contributed by atoms with E-state index in [0.29, 0.717) is 51.5 Å². The molecule has 172 valence electrons. The molecule has 0 bridgehead atoms. The molecule has 0 radical (unpaired) electrons. The molecule has 0 spiro atoms. The number of nitrogens with zero attached hydrogens (tertiary/aromatic N) is 1. The number of nitrogens with two attached hydrogens (primary N) is 1.